The van der Waals surface area contributed by atoms with E-state index in [1.807, 2.05) is 16.7 Å². The molecular formula is C24H17ClF3N5O2. The van der Waals surface area contributed by atoms with Gasteiger partial charge in [0.2, 0.25) is 0 Å². The van der Waals surface area contributed by atoms with E-state index in [4.69, 9.17) is 21.6 Å². The van der Waals surface area contributed by atoms with Gasteiger partial charge in [0.15, 0.2) is 6.61 Å². The third-order valence-corrected chi connectivity index (χ3v) is 5.25. The lowest BCUT2D eigenvalue weighted by atomic mass is 10.1. The zero-order chi connectivity index (χ0) is 25.0. The van der Waals surface area contributed by atoms with Gasteiger partial charge >= 0.3 is 6.18 Å². The lowest BCUT2D eigenvalue weighted by Crippen LogP contribution is -2.19. The first-order chi connectivity index (χ1) is 16.7. The van der Waals surface area contributed by atoms with Gasteiger partial charge in [-0.05, 0) is 35.4 Å². The number of nitriles is 1. The molecule has 3 heterocycles. The zero-order valence-electron chi connectivity index (χ0n) is 18.0. The first-order valence-corrected chi connectivity index (χ1v) is 10.6. The van der Waals surface area contributed by atoms with Crippen molar-refractivity contribution in [1.29, 1.82) is 5.26 Å². The highest BCUT2D eigenvalue weighted by molar-refractivity contribution is 6.30. The number of alkyl halides is 3. The molecule has 4 aromatic rings. The van der Waals surface area contributed by atoms with E-state index in [-0.39, 0.29) is 16.9 Å². The van der Waals surface area contributed by atoms with Crippen LogP contribution >= 0.6 is 11.6 Å². The fourth-order valence-corrected chi connectivity index (χ4v) is 3.55. The molecule has 0 N–H and O–H groups in total. The van der Waals surface area contributed by atoms with Gasteiger partial charge in [0.25, 0.3) is 5.56 Å². The highest BCUT2D eigenvalue weighted by atomic mass is 35.5. The smallest absolute Gasteiger partial charge is 0.422 e. The highest BCUT2D eigenvalue weighted by Crippen LogP contribution is 2.25. The molecule has 0 spiro atoms. The molecule has 11 heteroatoms. The van der Waals surface area contributed by atoms with E-state index >= 15 is 0 Å². The summed E-state index contributed by atoms with van der Waals surface area (Å²) in [7, 11) is 0. The van der Waals surface area contributed by atoms with E-state index in [9.17, 15) is 18.0 Å². The normalized spacial score (nSPS) is 11.3. The van der Waals surface area contributed by atoms with E-state index in [0.717, 1.165) is 11.3 Å². The Labute approximate surface area is 202 Å². The molecule has 0 radical (unpaired) electrons. The Kier molecular flexibility index (Phi) is 6.89. The summed E-state index contributed by atoms with van der Waals surface area (Å²) in [5, 5.41) is 9.58. The van der Waals surface area contributed by atoms with Gasteiger partial charge in [0.05, 0.1) is 23.5 Å². The predicted molar refractivity (Wildman–Crippen MR) is 122 cm³/mol. The molecule has 1 aromatic carbocycles. The number of pyridine rings is 2. The number of hydrogen-bond acceptors (Lipinski definition) is 5. The van der Waals surface area contributed by atoms with Crippen LogP contribution in [0.5, 0.6) is 5.75 Å². The van der Waals surface area contributed by atoms with Crippen LogP contribution < -0.4 is 10.3 Å². The van der Waals surface area contributed by atoms with Crippen molar-refractivity contribution in [2.75, 3.05) is 6.61 Å². The average molecular weight is 500 g/mol. The highest BCUT2D eigenvalue weighted by Gasteiger charge is 2.29. The lowest BCUT2D eigenvalue weighted by molar-refractivity contribution is -0.153. The zero-order valence-corrected chi connectivity index (χ0v) is 18.8. The summed E-state index contributed by atoms with van der Waals surface area (Å²) >= 11 is 5.97. The SMILES string of the molecule is N#Cc1ccc(Cc2cncn2Cc2ccc(-n3cc(Cl)ccc3=O)nc2)cc1OCC(F)(F)F. The number of imidazole rings is 1. The minimum atomic E-state index is -4.51. The Morgan fingerprint density at radius 1 is 1.09 bits per heavy atom. The van der Waals surface area contributed by atoms with Gasteiger partial charge in [0, 0.05) is 36.8 Å². The molecular weight excluding hydrogens is 483 g/mol. The summed E-state index contributed by atoms with van der Waals surface area (Å²) in [5.74, 6) is 0.306. The summed E-state index contributed by atoms with van der Waals surface area (Å²) in [5.41, 5.74) is 2.07. The molecule has 0 fully saturated rings. The first-order valence-electron chi connectivity index (χ1n) is 10.3. The first kappa shape index (κ1) is 24.0. The minimum absolute atomic E-state index is 0.0245. The quantitative estimate of drug-likeness (QED) is 0.373. The maximum absolute atomic E-state index is 12.6. The van der Waals surface area contributed by atoms with Crippen molar-refractivity contribution < 1.29 is 17.9 Å². The molecule has 0 atom stereocenters. The molecule has 0 amide bonds. The van der Waals surface area contributed by atoms with Crippen molar-refractivity contribution in [1.82, 2.24) is 19.1 Å². The van der Waals surface area contributed by atoms with Crippen LogP contribution in [0.1, 0.15) is 22.4 Å². The van der Waals surface area contributed by atoms with E-state index < -0.39 is 12.8 Å². The number of benzene rings is 1. The second kappa shape index (κ2) is 10.0. The third kappa shape index (κ3) is 6.07. The largest absolute Gasteiger partial charge is 0.483 e. The Hall–Kier alpha value is -4.10. The van der Waals surface area contributed by atoms with Gasteiger partial charge in [-0.2, -0.15) is 18.4 Å². The maximum Gasteiger partial charge on any atom is 0.422 e. The lowest BCUT2D eigenvalue weighted by Gasteiger charge is -2.13. The summed E-state index contributed by atoms with van der Waals surface area (Å²) in [6.45, 7) is -1.05. The molecule has 0 aliphatic carbocycles. The Balaban J connectivity index is 1.50. The topological polar surface area (TPSA) is 85.7 Å². The number of nitrogens with zero attached hydrogens (tertiary/aromatic N) is 5. The van der Waals surface area contributed by atoms with E-state index in [2.05, 4.69) is 9.97 Å². The van der Waals surface area contributed by atoms with Crippen LogP contribution in [0.4, 0.5) is 13.2 Å². The standard InChI is InChI=1S/C24H17ClF3N5O2/c25-19-4-6-23(34)33(13-19)22-5-2-17(10-31-22)12-32-15-30-11-20(32)7-16-1-3-18(9-29)21(8-16)35-14-24(26,27)28/h1-6,8,10-11,13,15H,7,12,14H2. The molecule has 3 aromatic heterocycles. The Bertz CT molecular complexity index is 1440. The predicted octanol–water partition coefficient (Wildman–Crippen LogP) is 4.53. The van der Waals surface area contributed by atoms with Gasteiger partial charge in [-0.1, -0.05) is 23.7 Å². The molecule has 178 valence electrons. The summed E-state index contributed by atoms with van der Waals surface area (Å²) in [6, 6.07) is 12.8. The minimum Gasteiger partial charge on any atom is -0.483 e. The van der Waals surface area contributed by atoms with Crippen molar-refractivity contribution in [3.05, 3.63) is 105 Å². The van der Waals surface area contributed by atoms with Gasteiger partial charge < -0.3 is 9.30 Å². The average Bonchev–Trinajstić information content (AvgIpc) is 3.26. The van der Waals surface area contributed by atoms with Crippen LogP contribution in [-0.4, -0.2) is 31.9 Å². The van der Waals surface area contributed by atoms with Gasteiger partial charge in [-0.15, -0.1) is 0 Å². The monoisotopic (exact) mass is 499 g/mol. The molecule has 0 saturated carbocycles. The van der Waals surface area contributed by atoms with Gasteiger partial charge in [-0.3, -0.25) is 9.36 Å². The van der Waals surface area contributed by atoms with Crippen LogP contribution in [0.15, 0.2) is 72.2 Å². The van der Waals surface area contributed by atoms with Crippen molar-refractivity contribution in [3.63, 3.8) is 0 Å². The van der Waals surface area contributed by atoms with Crippen molar-refractivity contribution >= 4 is 11.6 Å². The van der Waals surface area contributed by atoms with E-state index in [1.165, 1.54) is 35.0 Å². The van der Waals surface area contributed by atoms with E-state index in [1.54, 1.807) is 30.9 Å². The van der Waals surface area contributed by atoms with Crippen molar-refractivity contribution in [2.24, 2.45) is 0 Å². The Morgan fingerprint density at radius 3 is 2.60 bits per heavy atom. The second-order valence-corrected chi connectivity index (χ2v) is 8.05. The molecule has 0 unspecified atom stereocenters. The summed E-state index contributed by atoms with van der Waals surface area (Å²) in [6.07, 6.45) is 2.27. The van der Waals surface area contributed by atoms with Crippen LogP contribution in [-0.2, 0) is 13.0 Å². The molecule has 0 bridgehead atoms. The molecule has 4 rings (SSSR count). The van der Waals surface area contributed by atoms with Gasteiger partial charge in [0.1, 0.15) is 17.6 Å². The number of ether oxygens (including phenoxy) is 1. The Morgan fingerprint density at radius 2 is 1.89 bits per heavy atom. The second-order valence-electron chi connectivity index (χ2n) is 7.62. The fraction of sp³-hybridized carbons (Fsp3) is 0.167. The van der Waals surface area contributed by atoms with Crippen LogP contribution in [0, 0.1) is 11.3 Å². The van der Waals surface area contributed by atoms with Crippen LogP contribution in [0.25, 0.3) is 5.82 Å². The summed E-state index contributed by atoms with van der Waals surface area (Å²) in [4.78, 5) is 20.6. The van der Waals surface area contributed by atoms with Crippen molar-refractivity contribution in [2.45, 2.75) is 19.1 Å². The van der Waals surface area contributed by atoms with Crippen LogP contribution in [0.3, 0.4) is 0 Å². The molecule has 7 nitrogen and oxygen atoms in total. The number of halogens is 4. The fourth-order valence-electron chi connectivity index (χ4n) is 3.38. The number of rotatable bonds is 7. The number of hydrogen-bond donors (Lipinski definition) is 0. The van der Waals surface area contributed by atoms with Crippen LogP contribution in [0.2, 0.25) is 5.02 Å². The van der Waals surface area contributed by atoms with Gasteiger partial charge in [-0.25, -0.2) is 9.97 Å². The third-order valence-electron chi connectivity index (χ3n) is 5.03. The number of aromatic nitrogens is 4. The molecule has 0 saturated heterocycles. The molecule has 35 heavy (non-hydrogen) atoms. The van der Waals surface area contributed by atoms with Crippen molar-refractivity contribution in [3.8, 4) is 17.6 Å². The summed E-state index contributed by atoms with van der Waals surface area (Å²) < 4.78 is 45.7. The maximum atomic E-state index is 12.6. The van der Waals surface area contributed by atoms with E-state index in [0.29, 0.717) is 29.4 Å². The molecule has 0 aliphatic rings. The molecule has 0 aliphatic heterocycles.